The lowest BCUT2D eigenvalue weighted by atomic mass is 10.1. The Labute approximate surface area is 387 Å². The van der Waals surface area contributed by atoms with Gasteiger partial charge >= 0.3 is 5.97 Å². The molecule has 63 heavy (non-hydrogen) atoms. The van der Waals surface area contributed by atoms with Crippen molar-refractivity contribution in [3.8, 4) is 0 Å². The van der Waals surface area contributed by atoms with Gasteiger partial charge in [-0.2, -0.15) is 0 Å². The van der Waals surface area contributed by atoms with Crippen molar-refractivity contribution in [3.63, 3.8) is 0 Å². The predicted molar refractivity (Wildman–Crippen MR) is 268 cm³/mol. The van der Waals surface area contributed by atoms with Gasteiger partial charge in [0.1, 0.15) is 19.3 Å². The largest absolute Gasteiger partial charge is 0.756 e. The molecule has 0 aliphatic carbocycles. The Kier molecular flexibility index (Phi) is 44.1. The highest BCUT2D eigenvalue weighted by Gasteiger charge is 2.20. The quantitative estimate of drug-likeness (QED) is 0.0197. The number of allylic oxidation sites excluding steroid dienone is 16. The first-order valence-corrected chi connectivity index (χ1v) is 26.4. The van der Waals surface area contributed by atoms with E-state index in [-0.39, 0.29) is 26.2 Å². The number of hydrogen-bond acceptors (Lipinski definition) is 7. The predicted octanol–water partition coefficient (Wildman–Crippen LogP) is 14.8. The van der Waals surface area contributed by atoms with Gasteiger partial charge in [0, 0.05) is 13.0 Å². The molecule has 8 nitrogen and oxygen atoms in total. The molecule has 0 amide bonds. The molecule has 0 aromatic rings. The number of likely N-dealkylation sites (N-methyl/N-ethyl adjacent to an activating group) is 1. The van der Waals surface area contributed by atoms with Gasteiger partial charge in [0.15, 0.2) is 0 Å². The third kappa shape index (κ3) is 50.3. The number of esters is 1. The lowest BCUT2D eigenvalue weighted by molar-refractivity contribution is -0.870. The molecule has 0 aromatic carbocycles. The maximum atomic E-state index is 12.7. The SMILES string of the molecule is CC/C=C\C/C=C\C/C=C\C/C=C\C/C=C\C/C=C\CCC(=O)OC(COCCCCCCCCCCCC/C=C\C/C=C\CCCCCCC)COP(=O)([O-])OCC[N+](C)(C)C. The minimum Gasteiger partial charge on any atom is -0.756 e. The van der Waals surface area contributed by atoms with Gasteiger partial charge in [0.05, 0.1) is 34.4 Å². The number of ether oxygens (including phenoxy) is 2. The lowest BCUT2D eigenvalue weighted by Gasteiger charge is -2.28. The maximum Gasteiger partial charge on any atom is 0.306 e. The van der Waals surface area contributed by atoms with Crippen molar-refractivity contribution < 1.29 is 37.3 Å². The molecule has 2 atom stereocenters. The van der Waals surface area contributed by atoms with Crippen molar-refractivity contribution in [2.24, 2.45) is 0 Å². The molecule has 0 radical (unpaired) electrons. The third-order valence-electron chi connectivity index (χ3n) is 10.1. The van der Waals surface area contributed by atoms with E-state index in [2.05, 4.69) is 98.9 Å². The zero-order chi connectivity index (χ0) is 46.2. The molecule has 0 saturated carbocycles. The van der Waals surface area contributed by atoms with Crippen molar-refractivity contribution in [2.45, 2.75) is 187 Å². The van der Waals surface area contributed by atoms with Crippen molar-refractivity contribution in [1.29, 1.82) is 0 Å². The molecular weight excluding hydrogens is 806 g/mol. The van der Waals surface area contributed by atoms with Crippen LogP contribution in [-0.4, -0.2) is 70.7 Å². The Balaban J connectivity index is 4.29. The minimum atomic E-state index is -4.56. The summed E-state index contributed by atoms with van der Waals surface area (Å²) in [6.45, 7) is 5.16. The number of carbonyl (C=O) groups excluding carboxylic acids is 1. The molecule has 0 aliphatic heterocycles. The van der Waals surface area contributed by atoms with Gasteiger partial charge in [-0.1, -0.05) is 188 Å². The number of quaternary nitrogens is 1. The van der Waals surface area contributed by atoms with E-state index in [9.17, 15) is 14.3 Å². The molecule has 0 aromatic heterocycles. The first-order chi connectivity index (χ1) is 30.6. The van der Waals surface area contributed by atoms with Crippen LogP contribution in [0.2, 0.25) is 0 Å². The van der Waals surface area contributed by atoms with Crippen LogP contribution in [0.1, 0.15) is 181 Å². The highest BCUT2D eigenvalue weighted by molar-refractivity contribution is 7.45. The first kappa shape index (κ1) is 60.4. The van der Waals surface area contributed by atoms with Crippen LogP contribution in [0, 0.1) is 0 Å². The van der Waals surface area contributed by atoms with E-state index in [0.29, 0.717) is 24.1 Å². The Bertz CT molecular complexity index is 1320. The van der Waals surface area contributed by atoms with Crippen molar-refractivity contribution in [2.75, 3.05) is 54.1 Å². The second-order valence-corrected chi connectivity index (χ2v) is 18.8. The highest BCUT2D eigenvalue weighted by atomic mass is 31.2. The molecule has 362 valence electrons. The number of carbonyl (C=O) groups is 1. The van der Waals surface area contributed by atoms with Crippen LogP contribution in [0.25, 0.3) is 0 Å². The molecule has 0 N–H and O–H groups in total. The molecule has 0 saturated heterocycles. The summed E-state index contributed by atoms with van der Waals surface area (Å²) in [4.78, 5) is 25.1. The van der Waals surface area contributed by atoms with Gasteiger partial charge in [0.2, 0.25) is 0 Å². The number of phosphoric acid groups is 1. The van der Waals surface area contributed by atoms with Crippen LogP contribution >= 0.6 is 7.82 Å². The summed E-state index contributed by atoms with van der Waals surface area (Å²) in [5, 5.41) is 0. The fourth-order valence-electron chi connectivity index (χ4n) is 6.31. The van der Waals surface area contributed by atoms with Crippen molar-refractivity contribution in [3.05, 3.63) is 97.2 Å². The average molecular weight is 900 g/mol. The van der Waals surface area contributed by atoms with Gasteiger partial charge in [-0.3, -0.25) is 9.36 Å². The zero-order valence-corrected chi connectivity index (χ0v) is 41.9. The monoisotopic (exact) mass is 900 g/mol. The van der Waals surface area contributed by atoms with Crippen molar-refractivity contribution >= 4 is 13.8 Å². The van der Waals surface area contributed by atoms with E-state index in [4.69, 9.17) is 18.5 Å². The van der Waals surface area contributed by atoms with Crippen LogP contribution in [0.3, 0.4) is 0 Å². The van der Waals surface area contributed by atoms with E-state index in [1.54, 1.807) is 0 Å². The number of hydrogen-bond donors (Lipinski definition) is 0. The Morgan fingerprint density at radius 1 is 0.508 bits per heavy atom. The van der Waals surface area contributed by atoms with Crippen LogP contribution in [-0.2, 0) is 27.9 Å². The zero-order valence-electron chi connectivity index (χ0n) is 41.0. The average Bonchev–Trinajstić information content (AvgIpc) is 3.24. The Hall–Kier alpha value is -2.58. The molecule has 0 spiro atoms. The van der Waals surface area contributed by atoms with Crippen LogP contribution < -0.4 is 4.89 Å². The lowest BCUT2D eigenvalue weighted by Crippen LogP contribution is -2.37. The molecular formula is C54H94NO7P. The topological polar surface area (TPSA) is 94.1 Å². The van der Waals surface area contributed by atoms with Crippen molar-refractivity contribution in [1.82, 2.24) is 0 Å². The summed E-state index contributed by atoms with van der Waals surface area (Å²) in [6.07, 6.45) is 63.1. The van der Waals surface area contributed by atoms with Gasteiger partial charge in [-0.25, -0.2) is 0 Å². The summed E-state index contributed by atoms with van der Waals surface area (Å²) in [7, 11) is 1.29. The third-order valence-corrected chi connectivity index (χ3v) is 11.1. The normalized spacial score (nSPS) is 14.4. The second-order valence-electron chi connectivity index (χ2n) is 17.4. The van der Waals surface area contributed by atoms with Gasteiger partial charge < -0.3 is 27.9 Å². The molecule has 9 heteroatoms. The summed E-state index contributed by atoms with van der Waals surface area (Å²) >= 11 is 0. The minimum absolute atomic E-state index is 0.00678. The van der Waals surface area contributed by atoms with E-state index in [1.807, 2.05) is 33.3 Å². The fraction of sp³-hybridized carbons (Fsp3) is 0.685. The molecule has 2 unspecified atom stereocenters. The smallest absolute Gasteiger partial charge is 0.306 e. The molecule has 0 fully saturated rings. The Morgan fingerprint density at radius 2 is 0.921 bits per heavy atom. The highest BCUT2D eigenvalue weighted by Crippen LogP contribution is 2.38. The maximum absolute atomic E-state index is 12.7. The fourth-order valence-corrected chi connectivity index (χ4v) is 7.04. The van der Waals surface area contributed by atoms with Gasteiger partial charge in [-0.15, -0.1) is 0 Å². The molecule has 0 bridgehead atoms. The van der Waals surface area contributed by atoms with E-state index in [1.165, 1.54) is 96.3 Å². The van der Waals surface area contributed by atoms with Gasteiger partial charge in [0.25, 0.3) is 7.82 Å². The van der Waals surface area contributed by atoms with Crippen LogP contribution in [0.15, 0.2) is 97.2 Å². The summed E-state index contributed by atoms with van der Waals surface area (Å²) in [5.74, 6) is -0.419. The summed E-state index contributed by atoms with van der Waals surface area (Å²) in [5.41, 5.74) is 0. The van der Waals surface area contributed by atoms with E-state index >= 15 is 0 Å². The number of rotatable bonds is 45. The molecule has 0 heterocycles. The van der Waals surface area contributed by atoms with Crippen LogP contribution in [0.5, 0.6) is 0 Å². The number of nitrogens with zero attached hydrogens (tertiary/aromatic N) is 1. The van der Waals surface area contributed by atoms with Gasteiger partial charge in [-0.05, 0) is 83.5 Å². The number of unbranched alkanes of at least 4 members (excludes halogenated alkanes) is 15. The molecule has 0 rings (SSSR count). The standard InChI is InChI=1S/C54H94NO7P/c1-6-8-10-12-14-16-18-20-22-24-26-27-28-30-32-34-36-38-40-42-44-46-49-59-51-53(52-61-63(57,58)60-50-48-55(3,4)5)62-54(56)47-45-43-41-39-37-35-33-31-29-25-23-21-19-17-15-13-11-9-7-2/h9,11,15,17-18,20-21,23-24,26,29,31,35,37,41,43,53H,6-8,10,12-14,16,19,22,25,27-28,30,32-34,36,38-40,42,44-52H2,1-5H3/b11-9-,17-15-,20-18-,23-21-,26-24-,31-29-,37-35-,43-41-. The summed E-state index contributed by atoms with van der Waals surface area (Å²) in [6, 6.07) is 0. The first-order valence-electron chi connectivity index (χ1n) is 25.0. The molecule has 0 aliphatic rings. The van der Waals surface area contributed by atoms with E-state index in [0.717, 1.165) is 57.8 Å². The summed E-state index contributed by atoms with van der Waals surface area (Å²) < 4.78 is 34.6. The van der Waals surface area contributed by atoms with Crippen LogP contribution in [0.4, 0.5) is 0 Å². The second kappa shape index (κ2) is 46.0. The Morgan fingerprint density at radius 3 is 1.38 bits per heavy atom. The van der Waals surface area contributed by atoms with E-state index < -0.39 is 19.9 Å². The number of phosphoric ester groups is 1.